The third kappa shape index (κ3) is 4.15. The van der Waals surface area contributed by atoms with E-state index in [2.05, 4.69) is 0 Å². The van der Waals surface area contributed by atoms with Crippen LogP contribution in [0.3, 0.4) is 0 Å². The summed E-state index contributed by atoms with van der Waals surface area (Å²) in [5.74, 6) is 0.749. The maximum atomic E-state index is 13.1. The zero-order valence-electron chi connectivity index (χ0n) is 17.3. The lowest BCUT2D eigenvalue weighted by atomic mass is 10.1. The average molecular weight is 463 g/mol. The van der Waals surface area contributed by atoms with Crippen molar-refractivity contribution in [3.8, 4) is 5.75 Å². The molecule has 1 fully saturated rings. The van der Waals surface area contributed by atoms with Crippen LogP contribution in [0.1, 0.15) is 23.0 Å². The van der Waals surface area contributed by atoms with Crippen LogP contribution in [0.15, 0.2) is 51.8 Å². The summed E-state index contributed by atoms with van der Waals surface area (Å²) in [7, 11) is -3.66. The summed E-state index contributed by atoms with van der Waals surface area (Å²) >= 11 is 5.94. The van der Waals surface area contributed by atoms with E-state index in [1.807, 2.05) is 26.0 Å². The number of fused-ring (bicyclic) bond motifs is 1. The zero-order valence-corrected chi connectivity index (χ0v) is 18.9. The highest BCUT2D eigenvalue weighted by atomic mass is 35.5. The number of sulfonamides is 1. The van der Waals surface area contributed by atoms with E-state index in [4.69, 9.17) is 20.8 Å². The molecule has 0 bridgehead atoms. The lowest BCUT2D eigenvalue weighted by Gasteiger charge is -2.33. The predicted molar refractivity (Wildman–Crippen MR) is 118 cm³/mol. The lowest BCUT2D eigenvalue weighted by molar-refractivity contribution is 0.0667. The van der Waals surface area contributed by atoms with Crippen LogP contribution in [0, 0.1) is 6.92 Å². The third-order valence-corrected chi connectivity index (χ3v) is 7.50. The molecule has 0 saturated carbocycles. The number of ether oxygens (including phenoxy) is 1. The van der Waals surface area contributed by atoms with Gasteiger partial charge in [-0.2, -0.15) is 4.31 Å². The second-order valence-corrected chi connectivity index (χ2v) is 9.68. The number of piperazine rings is 1. The topological polar surface area (TPSA) is 80.1 Å². The highest BCUT2D eigenvalue weighted by Crippen LogP contribution is 2.30. The van der Waals surface area contributed by atoms with Gasteiger partial charge in [-0.05, 0) is 50.2 Å². The van der Waals surface area contributed by atoms with E-state index in [9.17, 15) is 13.2 Å². The Balaban J connectivity index is 1.50. The largest absolute Gasteiger partial charge is 0.494 e. The first-order valence-corrected chi connectivity index (χ1v) is 11.8. The minimum atomic E-state index is -3.66. The third-order valence-electron chi connectivity index (χ3n) is 5.37. The van der Waals surface area contributed by atoms with Gasteiger partial charge in [-0.3, -0.25) is 4.79 Å². The van der Waals surface area contributed by atoms with Crippen LogP contribution in [-0.4, -0.2) is 56.3 Å². The number of halogens is 1. The van der Waals surface area contributed by atoms with Crippen LogP contribution in [-0.2, 0) is 10.0 Å². The molecule has 1 aliphatic heterocycles. The number of furan rings is 1. The van der Waals surface area contributed by atoms with Crippen LogP contribution >= 0.6 is 11.6 Å². The highest BCUT2D eigenvalue weighted by molar-refractivity contribution is 7.89. The van der Waals surface area contributed by atoms with E-state index in [1.165, 1.54) is 16.4 Å². The standard InChI is InChI=1S/C22H23ClN2O5S/c1-3-29-17-7-8-20-19(14-17)15(2)21(30-20)22(26)24-9-11-25(12-10-24)31(27,28)18-6-4-5-16(23)13-18/h4-8,13-14H,3,9-12H2,1-2H3. The molecule has 7 nitrogen and oxygen atoms in total. The number of rotatable bonds is 5. The number of amides is 1. The Morgan fingerprint density at radius 2 is 1.87 bits per heavy atom. The van der Waals surface area contributed by atoms with Gasteiger partial charge in [-0.15, -0.1) is 0 Å². The molecule has 1 saturated heterocycles. The fourth-order valence-corrected chi connectivity index (χ4v) is 5.44. The number of benzene rings is 2. The van der Waals surface area contributed by atoms with E-state index in [-0.39, 0.29) is 42.7 Å². The van der Waals surface area contributed by atoms with Gasteiger partial charge in [0, 0.05) is 42.2 Å². The summed E-state index contributed by atoms with van der Waals surface area (Å²) in [5, 5.41) is 1.19. The molecule has 0 aliphatic carbocycles. The summed E-state index contributed by atoms with van der Waals surface area (Å²) < 4.78 is 38.5. The molecular weight excluding hydrogens is 440 g/mol. The molecule has 0 atom stereocenters. The van der Waals surface area contributed by atoms with Crippen LogP contribution in [0.4, 0.5) is 0 Å². The molecule has 9 heteroatoms. The van der Waals surface area contributed by atoms with Crippen molar-refractivity contribution in [1.82, 2.24) is 9.21 Å². The number of nitrogens with zero attached hydrogens (tertiary/aromatic N) is 2. The maximum Gasteiger partial charge on any atom is 0.289 e. The number of hydrogen-bond acceptors (Lipinski definition) is 5. The van der Waals surface area contributed by atoms with Gasteiger partial charge in [0.15, 0.2) is 5.76 Å². The Kier molecular flexibility index (Phi) is 5.96. The van der Waals surface area contributed by atoms with Gasteiger partial charge in [0.05, 0.1) is 11.5 Å². The maximum absolute atomic E-state index is 13.1. The summed E-state index contributed by atoms with van der Waals surface area (Å²) in [6.07, 6.45) is 0. The van der Waals surface area contributed by atoms with Gasteiger partial charge in [0.2, 0.25) is 10.0 Å². The Labute approximate surface area is 186 Å². The van der Waals surface area contributed by atoms with Gasteiger partial charge in [0.1, 0.15) is 11.3 Å². The molecule has 4 rings (SSSR count). The monoisotopic (exact) mass is 462 g/mol. The normalized spacial score (nSPS) is 15.4. The van der Waals surface area contributed by atoms with Crippen molar-refractivity contribution < 1.29 is 22.4 Å². The first-order valence-electron chi connectivity index (χ1n) is 10.0. The van der Waals surface area contributed by atoms with Crippen LogP contribution in [0.5, 0.6) is 5.75 Å². The molecule has 164 valence electrons. The lowest BCUT2D eigenvalue weighted by Crippen LogP contribution is -2.50. The fourth-order valence-electron chi connectivity index (χ4n) is 3.71. The molecule has 1 aromatic heterocycles. The minimum Gasteiger partial charge on any atom is -0.494 e. The van der Waals surface area contributed by atoms with E-state index in [1.54, 1.807) is 23.1 Å². The molecule has 0 N–H and O–H groups in total. The van der Waals surface area contributed by atoms with E-state index in [0.29, 0.717) is 17.2 Å². The SMILES string of the molecule is CCOc1ccc2oc(C(=O)N3CCN(S(=O)(=O)c4cccc(Cl)c4)CC3)c(C)c2c1. The Morgan fingerprint density at radius 1 is 1.13 bits per heavy atom. The van der Waals surface area contributed by atoms with Crippen molar-refractivity contribution in [2.24, 2.45) is 0 Å². The van der Waals surface area contributed by atoms with Crippen molar-refractivity contribution in [2.45, 2.75) is 18.7 Å². The van der Waals surface area contributed by atoms with Gasteiger partial charge in [-0.25, -0.2) is 8.42 Å². The van der Waals surface area contributed by atoms with Crippen molar-refractivity contribution in [2.75, 3.05) is 32.8 Å². The van der Waals surface area contributed by atoms with Crippen LogP contribution in [0.2, 0.25) is 5.02 Å². The average Bonchev–Trinajstić information content (AvgIpc) is 3.09. The van der Waals surface area contributed by atoms with Crippen molar-refractivity contribution in [1.29, 1.82) is 0 Å². The van der Waals surface area contributed by atoms with Crippen molar-refractivity contribution in [3.05, 3.63) is 58.8 Å². The Morgan fingerprint density at radius 3 is 2.55 bits per heavy atom. The highest BCUT2D eigenvalue weighted by Gasteiger charge is 2.32. The molecule has 31 heavy (non-hydrogen) atoms. The molecule has 2 heterocycles. The molecular formula is C22H23ClN2O5S. The molecule has 3 aromatic rings. The smallest absolute Gasteiger partial charge is 0.289 e. The number of carbonyl (C=O) groups excluding carboxylic acids is 1. The molecule has 2 aromatic carbocycles. The van der Waals surface area contributed by atoms with Gasteiger partial charge in [0.25, 0.3) is 5.91 Å². The van der Waals surface area contributed by atoms with Crippen LogP contribution in [0.25, 0.3) is 11.0 Å². The predicted octanol–water partition coefficient (Wildman–Crippen LogP) is 3.94. The van der Waals surface area contributed by atoms with E-state index in [0.717, 1.165) is 16.7 Å². The molecule has 1 amide bonds. The number of carbonyl (C=O) groups is 1. The summed E-state index contributed by atoms with van der Waals surface area (Å²) in [6.45, 7) is 5.26. The zero-order chi connectivity index (χ0) is 22.2. The van der Waals surface area contributed by atoms with Crippen LogP contribution < -0.4 is 4.74 Å². The summed E-state index contributed by atoms with van der Waals surface area (Å²) in [6, 6.07) is 11.7. The fraction of sp³-hybridized carbons (Fsp3) is 0.318. The second kappa shape index (κ2) is 8.53. The van der Waals surface area contributed by atoms with Gasteiger partial charge < -0.3 is 14.1 Å². The van der Waals surface area contributed by atoms with E-state index >= 15 is 0 Å². The molecule has 0 unspecified atom stereocenters. The van der Waals surface area contributed by atoms with Crippen molar-refractivity contribution in [3.63, 3.8) is 0 Å². The minimum absolute atomic E-state index is 0.151. The van der Waals surface area contributed by atoms with E-state index < -0.39 is 10.0 Å². The first-order chi connectivity index (χ1) is 14.8. The van der Waals surface area contributed by atoms with Gasteiger partial charge in [-0.1, -0.05) is 17.7 Å². The Bertz CT molecular complexity index is 1230. The first kappa shape index (κ1) is 21.7. The number of aryl methyl sites for hydroxylation is 1. The molecule has 0 spiro atoms. The quantitative estimate of drug-likeness (QED) is 0.573. The molecule has 1 aliphatic rings. The second-order valence-electron chi connectivity index (χ2n) is 7.30. The van der Waals surface area contributed by atoms with Gasteiger partial charge >= 0.3 is 0 Å². The Hall–Kier alpha value is -2.55. The summed E-state index contributed by atoms with van der Waals surface area (Å²) in [4.78, 5) is 14.9. The summed E-state index contributed by atoms with van der Waals surface area (Å²) in [5.41, 5.74) is 1.36. The molecule has 0 radical (unpaired) electrons. The van der Waals surface area contributed by atoms with Crippen molar-refractivity contribution >= 4 is 38.5 Å². The number of hydrogen-bond donors (Lipinski definition) is 0.